The van der Waals surface area contributed by atoms with Gasteiger partial charge in [0.05, 0.1) is 6.42 Å². The van der Waals surface area contributed by atoms with Gasteiger partial charge in [-0.1, -0.05) is 77.8 Å². The molecular formula is C24H17Cl2NO3. The topological polar surface area (TPSA) is 59.2 Å². The number of Topliss-reactive ketones (excluding diaryl/α,β-unsaturated/α-hetero) is 1. The first-order chi connectivity index (χ1) is 14.5. The van der Waals surface area contributed by atoms with E-state index in [-0.39, 0.29) is 12.2 Å². The molecule has 30 heavy (non-hydrogen) atoms. The quantitative estimate of drug-likeness (QED) is 0.289. The van der Waals surface area contributed by atoms with Gasteiger partial charge >= 0.3 is 5.97 Å². The van der Waals surface area contributed by atoms with E-state index in [1.54, 1.807) is 48.7 Å². The number of hydrogen-bond donors (Lipinski definition) is 1. The predicted molar refractivity (Wildman–Crippen MR) is 118 cm³/mol. The van der Waals surface area contributed by atoms with Crippen LogP contribution in [0.2, 0.25) is 10.0 Å². The average Bonchev–Trinajstić information content (AvgIpc) is 3.19. The van der Waals surface area contributed by atoms with Crippen LogP contribution in [0, 0.1) is 0 Å². The Morgan fingerprint density at radius 2 is 1.53 bits per heavy atom. The second-order valence-corrected chi connectivity index (χ2v) is 7.58. The molecule has 0 bridgehead atoms. The van der Waals surface area contributed by atoms with Gasteiger partial charge in [-0.2, -0.15) is 0 Å². The highest BCUT2D eigenvalue weighted by molar-refractivity contribution is 6.36. The lowest BCUT2D eigenvalue weighted by Gasteiger charge is -2.18. The number of H-pyrrole nitrogens is 1. The SMILES string of the molecule is O=C(Cc1c(Cl)cccc1Cl)O[C@@H](C(=O)c1c[nH]c2ccccc12)c1ccccc1. The standard InChI is InChI=1S/C24H17Cl2NO3/c25-19-10-6-11-20(26)17(19)13-22(28)30-24(15-7-2-1-3-8-15)23(29)18-14-27-21-12-5-4-9-16(18)21/h1-12,14,24,27H,13H2/t24-/m1/s1. The Kier molecular flexibility index (Phi) is 5.88. The number of carbonyl (C=O) groups is 2. The van der Waals surface area contributed by atoms with Gasteiger partial charge in [-0.05, 0) is 18.2 Å². The summed E-state index contributed by atoms with van der Waals surface area (Å²) in [4.78, 5) is 29.2. The summed E-state index contributed by atoms with van der Waals surface area (Å²) in [5.74, 6) is -0.899. The van der Waals surface area contributed by atoms with Crippen LogP contribution in [0.15, 0.2) is 79.0 Å². The number of nitrogens with one attached hydrogen (secondary N) is 1. The average molecular weight is 438 g/mol. The maximum atomic E-state index is 13.4. The molecule has 0 unspecified atom stereocenters. The van der Waals surface area contributed by atoms with Crippen molar-refractivity contribution in [1.29, 1.82) is 0 Å². The number of benzene rings is 3. The minimum absolute atomic E-state index is 0.136. The molecule has 6 heteroatoms. The maximum absolute atomic E-state index is 13.4. The number of ether oxygens (including phenoxy) is 1. The molecule has 0 radical (unpaired) electrons. The molecule has 0 saturated carbocycles. The molecule has 1 N–H and O–H groups in total. The van der Waals surface area contributed by atoms with E-state index in [0.29, 0.717) is 26.7 Å². The number of halogens is 2. The van der Waals surface area contributed by atoms with Crippen molar-refractivity contribution in [3.05, 3.63) is 106 Å². The van der Waals surface area contributed by atoms with E-state index < -0.39 is 12.1 Å². The van der Waals surface area contributed by atoms with Crippen molar-refractivity contribution in [2.45, 2.75) is 12.5 Å². The fraction of sp³-hybridized carbons (Fsp3) is 0.0833. The van der Waals surface area contributed by atoms with Crippen LogP contribution in [0.1, 0.15) is 27.6 Å². The van der Waals surface area contributed by atoms with Crippen molar-refractivity contribution in [3.8, 4) is 0 Å². The number of aromatic amines is 1. The van der Waals surface area contributed by atoms with Crippen LogP contribution >= 0.6 is 23.2 Å². The van der Waals surface area contributed by atoms with E-state index in [0.717, 1.165) is 10.9 Å². The third kappa shape index (κ3) is 4.11. The van der Waals surface area contributed by atoms with E-state index in [2.05, 4.69) is 4.98 Å². The van der Waals surface area contributed by atoms with E-state index in [9.17, 15) is 9.59 Å². The van der Waals surface area contributed by atoms with Crippen LogP contribution in [-0.4, -0.2) is 16.7 Å². The second kappa shape index (κ2) is 8.74. The first-order valence-corrected chi connectivity index (χ1v) is 10.1. The fourth-order valence-electron chi connectivity index (χ4n) is 3.34. The number of esters is 1. The molecule has 4 nitrogen and oxygen atoms in total. The molecule has 0 fully saturated rings. The van der Waals surface area contributed by atoms with Crippen molar-refractivity contribution < 1.29 is 14.3 Å². The predicted octanol–water partition coefficient (Wildman–Crippen LogP) is 6.18. The second-order valence-electron chi connectivity index (χ2n) is 6.77. The Morgan fingerprint density at radius 3 is 2.27 bits per heavy atom. The zero-order valence-corrected chi connectivity index (χ0v) is 17.3. The largest absolute Gasteiger partial charge is 0.449 e. The number of ketones is 1. The number of carbonyl (C=O) groups excluding carboxylic acids is 2. The van der Waals surface area contributed by atoms with Gasteiger partial charge in [-0.3, -0.25) is 9.59 Å². The molecule has 0 aliphatic rings. The number of fused-ring (bicyclic) bond motifs is 1. The smallest absolute Gasteiger partial charge is 0.311 e. The molecule has 0 spiro atoms. The van der Waals surface area contributed by atoms with E-state index >= 15 is 0 Å². The van der Waals surface area contributed by atoms with Crippen LogP contribution in [0.3, 0.4) is 0 Å². The van der Waals surface area contributed by atoms with Gasteiger partial charge in [0.25, 0.3) is 0 Å². The maximum Gasteiger partial charge on any atom is 0.311 e. The van der Waals surface area contributed by atoms with Gasteiger partial charge in [0.15, 0.2) is 6.10 Å². The Labute approximate surface area is 183 Å². The van der Waals surface area contributed by atoms with Crippen molar-refractivity contribution in [2.24, 2.45) is 0 Å². The summed E-state index contributed by atoms with van der Waals surface area (Å²) in [5, 5.41) is 1.52. The van der Waals surface area contributed by atoms with Gasteiger partial charge < -0.3 is 9.72 Å². The number of para-hydroxylation sites is 1. The first-order valence-electron chi connectivity index (χ1n) is 9.32. The molecule has 1 heterocycles. The zero-order chi connectivity index (χ0) is 21.1. The Morgan fingerprint density at radius 1 is 0.867 bits per heavy atom. The van der Waals surface area contributed by atoms with Crippen molar-refractivity contribution in [2.75, 3.05) is 0 Å². The van der Waals surface area contributed by atoms with E-state index in [1.165, 1.54) is 0 Å². The minimum atomic E-state index is -1.08. The van der Waals surface area contributed by atoms with Gasteiger partial charge in [0.2, 0.25) is 5.78 Å². The summed E-state index contributed by atoms with van der Waals surface area (Å²) < 4.78 is 5.67. The Hall–Kier alpha value is -3.08. The van der Waals surface area contributed by atoms with Gasteiger partial charge in [-0.15, -0.1) is 0 Å². The first kappa shape index (κ1) is 20.2. The van der Waals surface area contributed by atoms with E-state index in [1.807, 2.05) is 30.3 Å². The molecule has 0 aliphatic carbocycles. The van der Waals surface area contributed by atoms with Gasteiger partial charge in [-0.25, -0.2) is 0 Å². The Bertz CT molecular complexity index is 1200. The Balaban J connectivity index is 1.65. The molecule has 1 aromatic heterocycles. The third-order valence-electron chi connectivity index (χ3n) is 4.83. The molecule has 4 aromatic rings. The summed E-state index contributed by atoms with van der Waals surface area (Å²) in [6.45, 7) is 0. The molecule has 1 atom stereocenters. The lowest BCUT2D eigenvalue weighted by molar-refractivity contribution is -0.146. The molecule has 0 saturated heterocycles. The van der Waals surface area contributed by atoms with Crippen LogP contribution < -0.4 is 0 Å². The van der Waals surface area contributed by atoms with E-state index in [4.69, 9.17) is 27.9 Å². The number of rotatable bonds is 6. The summed E-state index contributed by atoms with van der Waals surface area (Å²) in [5.41, 5.74) is 2.36. The van der Waals surface area contributed by atoms with Crippen LogP contribution in [0.5, 0.6) is 0 Å². The normalized spacial score (nSPS) is 11.9. The van der Waals surface area contributed by atoms with Crippen molar-refractivity contribution >= 4 is 45.9 Å². The summed E-state index contributed by atoms with van der Waals surface area (Å²) in [7, 11) is 0. The van der Waals surface area contributed by atoms with Crippen molar-refractivity contribution in [1.82, 2.24) is 4.98 Å². The highest BCUT2D eigenvalue weighted by Gasteiger charge is 2.28. The van der Waals surface area contributed by atoms with Gasteiger partial charge in [0, 0.05) is 43.8 Å². The molecule has 0 aliphatic heterocycles. The minimum Gasteiger partial charge on any atom is -0.449 e. The van der Waals surface area contributed by atoms with Crippen LogP contribution in [0.25, 0.3) is 10.9 Å². The molecule has 4 rings (SSSR count). The summed E-state index contributed by atoms with van der Waals surface area (Å²) in [6.07, 6.45) is 0.421. The lowest BCUT2D eigenvalue weighted by Crippen LogP contribution is -2.21. The number of aromatic nitrogens is 1. The summed E-state index contributed by atoms with van der Waals surface area (Å²) >= 11 is 12.3. The zero-order valence-electron chi connectivity index (χ0n) is 15.8. The molecule has 0 amide bonds. The highest BCUT2D eigenvalue weighted by atomic mass is 35.5. The third-order valence-corrected chi connectivity index (χ3v) is 5.54. The molecule has 3 aromatic carbocycles. The molecule has 150 valence electrons. The number of hydrogen-bond acceptors (Lipinski definition) is 3. The molecular weight excluding hydrogens is 421 g/mol. The fourth-order valence-corrected chi connectivity index (χ4v) is 3.87. The summed E-state index contributed by atoms with van der Waals surface area (Å²) in [6, 6.07) is 21.4. The highest BCUT2D eigenvalue weighted by Crippen LogP contribution is 2.29. The monoisotopic (exact) mass is 437 g/mol. The van der Waals surface area contributed by atoms with Crippen molar-refractivity contribution in [3.63, 3.8) is 0 Å². The van der Waals surface area contributed by atoms with Crippen LogP contribution in [-0.2, 0) is 16.0 Å². The lowest BCUT2D eigenvalue weighted by atomic mass is 9.99. The van der Waals surface area contributed by atoms with Gasteiger partial charge in [0.1, 0.15) is 0 Å². The van der Waals surface area contributed by atoms with Crippen LogP contribution in [0.4, 0.5) is 0 Å².